The van der Waals surface area contributed by atoms with E-state index < -0.39 is 23.3 Å². The van der Waals surface area contributed by atoms with Crippen LogP contribution in [0, 0.1) is 0 Å². The van der Waals surface area contributed by atoms with Gasteiger partial charge < -0.3 is 15.7 Å². The third kappa shape index (κ3) is 2.87. The van der Waals surface area contributed by atoms with Crippen molar-refractivity contribution < 1.29 is 14.7 Å². The number of rotatable bonds is 4. The molecule has 7 heteroatoms. The highest BCUT2D eigenvalue weighted by Gasteiger charge is 2.48. The first-order chi connectivity index (χ1) is 11.5. The number of nitrogens with zero attached hydrogens (tertiary/aromatic N) is 2. The van der Waals surface area contributed by atoms with Gasteiger partial charge >= 0.3 is 6.09 Å². The fourth-order valence-electron chi connectivity index (χ4n) is 3.62. The minimum absolute atomic E-state index is 0.374. The highest BCUT2D eigenvalue weighted by Crippen LogP contribution is 2.47. The maximum atomic E-state index is 12.4. The van der Waals surface area contributed by atoms with Crippen molar-refractivity contribution in [2.24, 2.45) is 5.73 Å². The number of carboxylic acid groups (broad SMARTS) is 1. The van der Waals surface area contributed by atoms with Gasteiger partial charge in [0.1, 0.15) is 5.01 Å². The molecule has 6 nitrogen and oxygen atoms in total. The predicted octanol–water partition coefficient (Wildman–Crippen LogP) is 2.42. The molecule has 2 amide bonds. The number of hydrogen-bond donors (Lipinski definition) is 2. The molecule has 1 atom stereocenters. The van der Waals surface area contributed by atoms with Crippen LogP contribution in [-0.2, 0) is 10.2 Å². The van der Waals surface area contributed by atoms with E-state index in [4.69, 9.17) is 5.73 Å². The van der Waals surface area contributed by atoms with E-state index in [-0.39, 0.29) is 0 Å². The Morgan fingerprint density at radius 1 is 1.25 bits per heavy atom. The molecule has 0 saturated carbocycles. The van der Waals surface area contributed by atoms with Crippen LogP contribution in [-0.4, -0.2) is 40.1 Å². The molecule has 24 heavy (non-hydrogen) atoms. The van der Waals surface area contributed by atoms with Gasteiger partial charge in [-0.1, -0.05) is 30.3 Å². The van der Waals surface area contributed by atoms with Crippen molar-refractivity contribution in [1.29, 1.82) is 0 Å². The fourth-order valence-corrected chi connectivity index (χ4v) is 4.48. The molecule has 2 heterocycles. The minimum atomic E-state index is -0.929. The fraction of sp³-hybridized carbons (Fsp3) is 0.353. The van der Waals surface area contributed by atoms with E-state index >= 15 is 0 Å². The number of carbonyl (C=O) groups excluding carboxylic acids is 1. The lowest BCUT2D eigenvalue weighted by molar-refractivity contribution is -0.121. The minimum Gasteiger partial charge on any atom is -0.465 e. The third-order valence-electron chi connectivity index (χ3n) is 4.81. The summed E-state index contributed by atoms with van der Waals surface area (Å²) in [7, 11) is 0. The van der Waals surface area contributed by atoms with Gasteiger partial charge in [-0.3, -0.25) is 4.79 Å². The molecule has 0 radical (unpaired) electrons. The van der Waals surface area contributed by atoms with E-state index in [9.17, 15) is 14.7 Å². The Morgan fingerprint density at radius 2 is 1.92 bits per heavy atom. The van der Waals surface area contributed by atoms with Crippen LogP contribution >= 0.6 is 11.3 Å². The summed E-state index contributed by atoms with van der Waals surface area (Å²) in [6, 6.07) is 9.76. The number of hydrogen-bond acceptors (Lipinski definition) is 4. The number of amides is 2. The SMILES string of the molecule is NC(=O)C(c1nccs1)C1(c2ccccc2)CCN(C(=O)O)CC1. The molecule has 0 bridgehead atoms. The van der Waals surface area contributed by atoms with Crippen LogP contribution in [0.4, 0.5) is 4.79 Å². The molecular weight excluding hydrogens is 326 g/mol. The number of primary amides is 1. The molecule has 3 rings (SSSR count). The van der Waals surface area contributed by atoms with Crippen molar-refractivity contribution in [3.05, 3.63) is 52.5 Å². The Bertz CT molecular complexity index is 710. The topological polar surface area (TPSA) is 96.5 Å². The van der Waals surface area contributed by atoms with Crippen molar-refractivity contribution in [2.45, 2.75) is 24.2 Å². The summed E-state index contributed by atoms with van der Waals surface area (Å²) in [5, 5.41) is 11.8. The van der Waals surface area contributed by atoms with Gasteiger partial charge in [0.05, 0.1) is 5.92 Å². The van der Waals surface area contributed by atoms with Gasteiger partial charge in [-0.05, 0) is 18.4 Å². The molecule has 1 fully saturated rings. The first-order valence-corrected chi connectivity index (χ1v) is 8.65. The first-order valence-electron chi connectivity index (χ1n) is 7.77. The predicted molar refractivity (Wildman–Crippen MR) is 91.0 cm³/mol. The number of thiazole rings is 1. The maximum absolute atomic E-state index is 12.4. The van der Waals surface area contributed by atoms with Gasteiger partial charge in [-0.2, -0.15) is 0 Å². The second kappa shape index (κ2) is 6.60. The molecule has 1 aliphatic heterocycles. The maximum Gasteiger partial charge on any atom is 0.407 e. The van der Waals surface area contributed by atoms with E-state index in [0.717, 1.165) is 5.56 Å². The molecular formula is C17H19N3O3S. The zero-order chi connectivity index (χ0) is 17.2. The normalized spacial score (nSPS) is 18.1. The van der Waals surface area contributed by atoms with Crippen LogP contribution in [0.3, 0.4) is 0 Å². The number of nitrogens with two attached hydrogens (primary N) is 1. The number of carbonyl (C=O) groups is 2. The van der Waals surface area contributed by atoms with E-state index in [1.165, 1.54) is 16.2 Å². The van der Waals surface area contributed by atoms with Crippen molar-refractivity contribution in [2.75, 3.05) is 13.1 Å². The Balaban J connectivity index is 2.06. The summed E-state index contributed by atoms with van der Waals surface area (Å²) in [6.07, 6.45) is 1.81. The van der Waals surface area contributed by atoms with E-state index in [2.05, 4.69) is 4.98 Å². The Kier molecular flexibility index (Phi) is 4.53. The second-order valence-electron chi connectivity index (χ2n) is 6.00. The molecule has 3 N–H and O–H groups in total. The molecule has 0 spiro atoms. The van der Waals surface area contributed by atoms with Gasteiger partial charge in [-0.15, -0.1) is 11.3 Å². The number of piperidine rings is 1. The zero-order valence-corrected chi connectivity index (χ0v) is 13.9. The van der Waals surface area contributed by atoms with Crippen LogP contribution < -0.4 is 5.73 Å². The molecule has 0 aliphatic carbocycles. The lowest BCUT2D eigenvalue weighted by Gasteiger charge is -2.44. The molecule has 2 aromatic rings. The van der Waals surface area contributed by atoms with Crippen molar-refractivity contribution in [1.82, 2.24) is 9.88 Å². The van der Waals surface area contributed by atoms with Gasteiger partial charge in [0.2, 0.25) is 5.91 Å². The quantitative estimate of drug-likeness (QED) is 0.889. The van der Waals surface area contributed by atoms with Crippen molar-refractivity contribution >= 4 is 23.3 Å². The van der Waals surface area contributed by atoms with Gasteiger partial charge in [-0.25, -0.2) is 9.78 Å². The average molecular weight is 345 g/mol. The van der Waals surface area contributed by atoms with Gasteiger partial charge in [0, 0.05) is 30.1 Å². The van der Waals surface area contributed by atoms with E-state index in [1.54, 1.807) is 6.20 Å². The molecule has 1 saturated heterocycles. The molecule has 1 aromatic heterocycles. The highest BCUT2D eigenvalue weighted by molar-refractivity contribution is 7.09. The Labute approximate surface area is 143 Å². The number of likely N-dealkylation sites (tertiary alicyclic amines) is 1. The van der Waals surface area contributed by atoms with Crippen LogP contribution in [0.2, 0.25) is 0 Å². The third-order valence-corrected chi connectivity index (χ3v) is 5.65. The van der Waals surface area contributed by atoms with Crippen LogP contribution in [0.15, 0.2) is 41.9 Å². The van der Waals surface area contributed by atoms with Crippen molar-refractivity contribution in [3.8, 4) is 0 Å². The average Bonchev–Trinajstić information content (AvgIpc) is 3.09. The summed E-state index contributed by atoms with van der Waals surface area (Å²) < 4.78 is 0. The summed E-state index contributed by atoms with van der Waals surface area (Å²) in [6.45, 7) is 0.749. The summed E-state index contributed by atoms with van der Waals surface area (Å²) in [4.78, 5) is 29.3. The first kappa shape index (κ1) is 16.4. The largest absolute Gasteiger partial charge is 0.465 e. The van der Waals surface area contributed by atoms with Crippen LogP contribution in [0.5, 0.6) is 0 Å². The van der Waals surface area contributed by atoms with Crippen LogP contribution in [0.25, 0.3) is 0 Å². The Hall–Kier alpha value is -2.41. The summed E-state index contributed by atoms with van der Waals surface area (Å²) >= 11 is 1.41. The Morgan fingerprint density at radius 3 is 2.42 bits per heavy atom. The van der Waals surface area contributed by atoms with Gasteiger partial charge in [0.25, 0.3) is 0 Å². The highest BCUT2D eigenvalue weighted by atomic mass is 32.1. The van der Waals surface area contributed by atoms with Crippen LogP contribution in [0.1, 0.15) is 29.3 Å². The lowest BCUT2D eigenvalue weighted by Crippen LogP contribution is -2.50. The standard InChI is InChI=1S/C17H19N3O3S/c18-14(21)13(15-19-8-11-24-15)17(12-4-2-1-3-5-12)6-9-20(10-7-17)16(22)23/h1-5,8,11,13H,6-7,9-10H2,(H2,18,21)(H,22,23). The second-order valence-corrected chi connectivity index (χ2v) is 6.92. The molecule has 126 valence electrons. The molecule has 1 unspecified atom stereocenters. The summed E-state index contributed by atoms with van der Waals surface area (Å²) in [5.74, 6) is -0.978. The molecule has 1 aliphatic rings. The lowest BCUT2D eigenvalue weighted by atomic mass is 9.64. The number of benzene rings is 1. The smallest absolute Gasteiger partial charge is 0.407 e. The molecule has 1 aromatic carbocycles. The number of aromatic nitrogens is 1. The van der Waals surface area contributed by atoms with E-state index in [0.29, 0.717) is 30.9 Å². The van der Waals surface area contributed by atoms with Gasteiger partial charge in [0.15, 0.2) is 0 Å². The monoisotopic (exact) mass is 345 g/mol. The van der Waals surface area contributed by atoms with E-state index in [1.807, 2.05) is 35.7 Å². The van der Waals surface area contributed by atoms with Crippen molar-refractivity contribution in [3.63, 3.8) is 0 Å². The summed E-state index contributed by atoms with van der Waals surface area (Å²) in [5.41, 5.74) is 6.25. The zero-order valence-electron chi connectivity index (χ0n) is 13.1.